The van der Waals surface area contributed by atoms with Crippen molar-refractivity contribution >= 4 is 40.0 Å². The average Bonchev–Trinajstić information content (AvgIpc) is 2.65. The lowest BCUT2D eigenvalue weighted by atomic mass is 9.93. The zero-order valence-corrected chi connectivity index (χ0v) is 16.2. The van der Waals surface area contributed by atoms with E-state index in [1.165, 1.54) is 25.0 Å². The van der Waals surface area contributed by atoms with Gasteiger partial charge >= 0.3 is 0 Å². The molecule has 0 atom stereocenters. The molecule has 6 heteroatoms. The Hall–Kier alpha value is -1.64. The number of ether oxygens (including phenoxy) is 1. The Kier molecular flexibility index (Phi) is 5.93. The maximum absolute atomic E-state index is 9.57. The second-order valence-electron chi connectivity index (χ2n) is 6.35. The molecule has 132 valence electrons. The second-order valence-corrected chi connectivity index (χ2v) is 7.74. The first-order valence-corrected chi connectivity index (χ1v) is 10.2. The third-order valence-electron chi connectivity index (χ3n) is 4.89. The first-order chi connectivity index (χ1) is 12.2. The fourth-order valence-corrected chi connectivity index (χ4v) is 4.30. The Labute approximate surface area is 158 Å². The highest BCUT2D eigenvalue weighted by atomic mass is 35.5. The van der Waals surface area contributed by atoms with Gasteiger partial charge in [-0.25, -0.2) is 0 Å². The topological polar surface area (TPSA) is 49.1 Å². The number of nitriles is 1. The van der Waals surface area contributed by atoms with Crippen molar-refractivity contribution in [2.24, 2.45) is 5.92 Å². The molecule has 2 aromatic rings. The number of pyridine rings is 1. The van der Waals surface area contributed by atoms with Crippen LogP contribution in [0.4, 0.5) is 5.69 Å². The number of nitrogens with zero attached hydrogens (tertiary/aromatic N) is 3. The van der Waals surface area contributed by atoms with Crippen LogP contribution >= 0.6 is 23.4 Å². The molecule has 3 rings (SSSR count). The molecule has 1 saturated heterocycles. The SMILES string of the molecule is COc1cc2ncc(C#N)c(N3CCC(CCSC)CC3)c2cc1Cl. The Morgan fingerprint density at radius 3 is 2.80 bits per heavy atom. The van der Waals surface area contributed by atoms with E-state index in [2.05, 4.69) is 22.2 Å². The third-order valence-corrected chi connectivity index (χ3v) is 5.83. The summed E-state index contributed by atoms with van der Waals surface area (Å²) >= 11 is 8.25. The highest BCUT2D eigenvalue weighted by Gasteiger charge is 2.23. The smallest absolute Gasteiger partial charge is 0.139 e. The molecule has 1 fully saturated rings. The summed E-state index contributed by atoms with van der Waals surface area (Å²) < 4.78 is 5.29. The molecule has 0 unspecified atom stereocenters. The number of hydrogen-bond donors (Lipinski definition) is 0. The lowest BCUT2D eigenvalue weighted by Crippen LogP contribution is -2.34. The van der Waals surface area contributed by atoms with Gasteiger partial charge in [0.2, 0.25) is 0 Å². The fraction of sp³-hybridized carbons (Fsp3) is 0.474. The minimum atomic E-state index is 0.544. The van der Waals surface area contributed by atoms with Crippen LogP contribution in [-0.2, 0) is 0 Å². The number of piperidine rings is 1. The maximum atomic E-state index is 9.57. The highest BCUT2D eigenvalue weighted by molar-refractivity contribution is 7.98. The summed E-state index contributed by atoms with van der Waals surface area (Å²) in [4.78, 5) is 6.74. The van der Waals surface area contributed by atoms with Gasteiger partial charge in [-0.2, -0.15) is 17.0 Å². The molecule has 1 aliphatic heterocycles. The summed E-state index contributed by atoms with van der Waals surface area (Å²) in [5, 5.41) is 11.0. The zero-order chi connectivity index (χ0) is 17.8. The van der Waals surface area contributed by atoms with Gasteiger partial charge in [0.15, 0.2) is 0 Å². The molecule has 0 aliphatic carbocycles. The van der Waals surface area contributed by atoms with Gasteiger partial charge in [0.1, 0.15) is 11.8 Å². The van der Waals surface area contributed by atoms with Crippen LogP contribution in [0.25, 0.3) is 10.9 Å². The predicted molar refractivity (Wildman–Crippen MR) is 106 cm³/mol. The minimum Gasteiger partial charge on any atom is -0.495 e. The van der Waals surface area contributed by atoms with Crippen LogP contribution in [0.5, 0.6) is 5.75 Å². The third kappa shape index (κ3) is 3.80. The van der Waals surface area contributed by atoms with E-state index < -0.39 is 0 Å². The van der Waals surface area contributed by atoms with Crippen LogP contribution in [0.2, 0.25) is 5.02 Å². The molecule has 0 radical (unpaired) electrons. The summed E-state index contributed by atoms with van der Waals surface area (Å²) in [5.74, 6) is 2.61. The first-order valence-electron chi connectivity index (χ1n) is 8.48. The van der Waals surface area contributed by atoms with Crippen molar-refractivity contribution in [3.8, 4) is 11.8 Å². The van der Waals surface area contributed by atoms with E-state index in [4.69, 9.17) is 16.3 Å². The van der Waals surface area contributed by atoms with E-state index in [-0.39, 0.29) is 0 Å². The van der Waals surface area contributed by atoms with Gasteiger partial charge in [0.25, 0.3) is 0 Å². The Balaban J connectivity index is 1.95. The summed E-state index contributed by atoms with van der Waals surface area (Å²) in [7, 11) is 1.59. The van der Waals surface area contributed by atoms with Crippen LogP contribution in [-0.4, -0.2) is 37.2 Å². The number of rotatable bonds is 5. The molecule has 0 bridgehead atoms. The molecule has 4 nitrogen and oxygen atoms in total. The van der Waals surface area contributed by atoms with Crippen LogP contribution in [0.3, 0.4) is 0 Å². The monoisotopic (exact) mass is 375 g/mol. The molecule has 1 aromatic heterocycles. The molecule has 2 heterocycles. The quantitative estimate of drug-likeness (QED) is 0.755. The summed E-state index contributed by atoms with van der Waals surface area (Å²) in [6.07, 6.45) is 7.43. The van der Waals surface area contributed by atoms with Gasteiger partial charge in [0.05, 0.1) is 28.9 Å². The summed E-state index contributed by atoms with van der Waals surface area (Å²) in [6.45, 7) is 1.94. The van der Waals surface area contributed by atoms with Crippen LogP contribution in [0, 0.1) is 17.2 Å². The van der Waals surface area contributed by atoms with Gasteiger partial charge in [-0.3, -0.25) is 4.98 Å². The number of hydrogen-bond acceptors (Lipinski definition) is 5. The van der Waals surface area contributed by atoms with E-state index in [1.54, 1.807) is 13.3 Å². The standard InChI is InChI=1S/C19H22ClN3OS/c1-24-18-10-17-15(9-16(18)20)19(14(11-21)12-22-17)23-6-3-13(4-7-23)5-8-25-2/h9-10,12-13H,3-8H2,1-2H3. The fourth-order valence-electron chi connectivity index (χ4n) is 3.49. The zero-order valence-electron chi connectivity index (χ0n) is 14.6. The molecule has 0 spiro atoms. The highest BCUT2D eigenvalue weighted by Crippen LogP contribution is 2.37. The van der Waals surface area contributed by atoms with Crippen LogP contribution in [0.1, 0.15) is 24.8 Å². The van der Waals surface area contributed by atoms with Crippen molar-refractivity contribution in [1.82, 2.24) is 4.98 Å². The molecule has 1 aromatic carbocycles. The molecular weight excluding hydrogens is 354 g/mol. The minimum absolute atomic E-state index is 0.544. The number of fused-ring (bicyclic) bond motifs is 1. The number of halogens is 1. The van der Waals surface area contributed by atoms with Crippen LogP contribution < -0.4 is 9.64 Å². The summed E-state index contributed by atoms with van der Waals surface area (Å²) in [5.41, 5.74) is 2.37. The normalized spacial score (nSPS) is 15.4. The number of benzene rings is 1. The number of thioether (sulfide) groups is 1. The van der Waals surface area contributed by atoms with E-state index in [0.717, 1.165) is 35.6 Å². The van der Waals surface area contributed by atoms with E-state index in [9.17, 15) is 5.26 Å². The molecular formula is C19H22ClN3OS. The van der Waals surface area contributed by atoms with Gasteiger partial charge in [-0.1, -0.05) is 11.6 Å². The van der Waals surface area contributed by atoms with E-state index in [1.807, 2.05) is 23.9 Å². The first kappa shape index (κ1) is 18.2. The average molecular weight is 376 g/mol. The number of methoxy groups -OCH3 is 1. The van der Waals surface area contributed by atoms with Gasteiger partial charge < -0.3 is 9.64 Å². The van der Waals surface area contributed by atoms with Gasteiger partial charge in [-0.15, -0.1) is 0 Å². The van der Waals surface area contributed by atoms with Crippen LogP contribution in [0.15, 0.2) is 18.3 Å². The van der Waals surface area contributed by atoms with Crippen molar-refractivity contribution in [3.05, 3.63) is 28.9 Å². The molecule has 25 heavy (non-hydrogen) atoms. The van der Waals surface area contributed by atoms with Crippen molar-refractivity contribution in [3.63, 3.8) is 0 Å². The van der Waals surface area contributed by atoms with Crippen molar-refractivity contribution in [2.45, 2.75) is 19.3 Å². The maximum Gasteiger partial charge on any atom is 0.139 e. The predicted octanol–water partition coefficient (Wildman–Crippen LogP) is 4.74. The molecule has 0 N–H and O–H groups in total. The molecule has 0 amide bonds. The van der Waals surface area contributed by atoms with E-state index >= 15 is 0 Å². The molecule has 0 saturated carbocycles. The number of aromatic nitrogens is 1. The Morgan fingerprint density at radius 2 is 2.16 bits per heavy atom. The second kappa shape index (κ2) is 8.16. The van der Waals surface area contributed by atoms with Crippen molar-refractivity contribution in [1.29, 1.82) is 5.26 Å². The molecule has 1 aliphatic rings. The summed E-state index contributed by atoms with van der Waals surface area (Å²) in [6, 6.07) is 6.01. The van der Waals surface area contributed by atoms with E-state index in [0.29, 0.717) is 16.3 Å². The Bertz CT molecular complexity index is 797. The van der Waals surface area contributed by atoms with Gasteiger partial charge in [0, 0.05) is 30.7 Å². The van der Waals surface area contributed by atoms with Crippen molar-refractivity contribution < 1.29 is 4.74 Å². The van der Waals surface area contributed by atoms with Crippen molar-refractivity contribution in [2.75, 3.05) is 37.1 Å². The van der Waals surface area contributed by atoms with Gasteiger partial charge in [-0.05, 0) is 43.3 Å². The lowest BCUT2D eigenvalue weighted by Gasteiger charge is -2.34. The lowest BCUT2D eigenvalue weighted by molar-refractivity contribution is 0.398. The number of anilines is 1. The Morgan fingerprint density at radius 1 is 1.40 bits per heavy atom. The largest absolute Gasteiger partial charge is 0.495 e.